The van der Waals surface area contributed by atoms with Crippen molar-refractivity contribution in [2.24, 2.45) is 0 Å². The number of carbonyl (C=O) groups excluding carboxylic acids is 1. The fourth-order valence-electron chi connectivity index (χ4n) is 1.81. The Morgan fingerprint density at radius 3 is 2.90 bits per heavy atom. The maximum Gasteiger partial charge on any atom is 0.195 e. The van der Waals surface area contributed by atoms with Crippen LogP contribution < -0.4 is 0 Å². The second kappa shape index (κ2) is 6.99. The molecular weight excluding hydrogens is 336 g/mol. The van der Waals surface area contributed by atoms with Crippen LogP contribution in [0, 0.1) is 0 Å². The van der Waals surface area contributed by atoms with Crippen LogP contribution in [0.2, 0.25) is 0 Å². The number of aryl methyl sites for hydroxylation is 2. The fraction of sp³-hybridized carbons (Fsp3) is 0.333. The van der Waals surface area contributed by atoms with E-state index < -0.39 is 0 Å². The molecule has 3 nitrogen and oxygen atoms in total. The van der Waals surface area contributed by atoms with Crippen molar-refractivity contribution in [3.05, 3.63) is 44.3 Å². The molecule has 0 aliphatic carbocycles. The molecule has 106 valence electrons. The molecule has 2 aromatic rings. The van der Waals surface area contributed by atoms with Gasteiger partial charge in [0.15, 0.2) is 5.78 Å². The molecule has 20 heavy (non-hydrogen) atoms. The van der Waals surface area contributed by atoms with Crippen LogP contribution in [0.25, 0.3) is 6.08 Å². The van der Waals surface area contributed by atoms with Crippen molar-refractivity contribution >= 4 is 39.1 Å². The van der Waals surface area contributed by atoms with Crippen LogP contribution in [0.3, 0.4) is 0 Å². The molecule has 0 bridgehead atoms. The normalized spacial score (nSPS) is 11.3. The lowest BCUT2D eigenvalue weighted by Gasteiger charge is -1.91. The highest BCUT2D eigenvalue weighted by atomic mass is 79.9. The van der Waals surface area contributed by atoms with Crippen LogP contribution in [0.15, 0.2) is 28.9 Å². The van der Waals surface area contributed by atoms with E-state index in [1.165, 1.54) is 4.88 Å². The maximum absolute atomic E-state index is 12.1. The van der Waals surface area contributed by atoms with Gasteiger partial charge in [-0.05, 0) is 53.6 Å². The summed E-state index contributed by atoms with van der Waals surface area (Å²) < 4.78 is 2.74. The highest BCUT2D eigenvalue weighted by molar-refractivity contribution is 9.10. The van der Waals surface area contributed by atoms with Crippen LogP contribution in [-0.2, 0) is 13.0 Å². The summed E-state index contributed by atoms with van der Waals surface area (Å²) in [5.41, 5.74) is 0.783. The molecule has 5 heteroatoms. The van der Waals surface area contributed by atoms with Crippen molar-refractivity contribution in [1.82, 2.24) is 9.78 Å². The number of hydrogen-bond donors (Lipinski definition) is 0. The average Bonchev–Trinajstić information content (AvgIpc) is 3.03. The molecule has 0 spiro atoms. The third kappa shape index (κ3) is 3.67. The Labute approximate surface area is 131 Å². The van der Waals surface area contributed by atoms with Gasteiger partial charge in [-0.15, -0.1) is 11.3 Å². The van der Waals surface area contributed by atoms with E-state index >= 15 is 0 Å². The zero-order valence-electron chi connectivity index (χ0n) is 11.6. The van der Waals surface area contributed by atoms with Gasteiger partial charge >= 0.3 is 0 Å². The third-order valence-electron chi connectivity index (χ3n) is 2.86. The highest BCUT2D eigenvalue weighted by Gasteiger charge is 2.07. The van der Waals surface area contributed by atoms with E-state index in [9.17, 15) is 4.79 Å². The van der Waals surface area contributed by atoms with E-state index in [0.29, 0.717) is 0 Å². The quantitative estimate of drug-likeness (QED) is 0.563. The number of nitrogens with zero attached hydrogens (tertiary/aromatic N) is 2. The summed E-state index contributed by atoms with van der Waals surface area (Å²) in [5, 5.41) is 4.36. The summed E-state index contributed by atoms with van der Waals surface area (Å²) in [4.78, 5) is 14.1. The lowest BCUT2D eigenvalue weighted by Crippen LogP contribution is -1.94. The van der Waals surface area contributed by atoms with Gasteiger partial charge in [0, 0.05) is 17.6 Å². The van der Waals surface area contributed by atoms with E-state index in [-0.39, 0.29) is 5.78 Å². The van der Waals surface area contributed by atoms with Gasteiger partial charge in [0.25, 0.3) is 0 Å². The van der Waals surface area contributed by atoms with Gasteiger partial charge in [-0.25, -0.2) is 0 Å². The van der Waals surface area contributed by atoms with Crippen LogP contribution in [-0.4, -0.2) is 15.6 Å². The molecule has 0 atom stereocenters. The molecule has 0 saturated heterocycles. The molecule has 0 aromatic carbocycles. The minimum Gasteiger partial charge on any atom is -0.288 e. The second-order valence-corrected chi connectivity index (χ2v) is 6.45. The van der Waals surface area contributed by atoms with E-state index in [4.69, 9.17) is 0 Å². The van der Waals surface area contributed by atoms with E-state index in [2.05, 4.69) is 28.0 Å². The van der Waals surface area contributed by atoms with E-state index in [0.717, 1.165) is 34.4 Å². The number of rotatable bonds is 6. The summed E-state index contributed by atoms with van der Waals surface area (Å²) in [5.74, 6) is 0.0373. The molecule has 0 aliphatic rings. The van der Waals surface area contributed by atoms with Crippen molar-refractivity contribution in [2.75, 3.05) is 0 Å². The summed E-state index contributed by atoms with van der Waals surface area (Å²) in [7, 11) is 0. The minimum absolute atomic E-state index is 0.0373. The maximum atomic E-state index is 12.1. The lowest BCUT2D eigenvalue weighted by atomic mass is 10.2. The monoisotopic (exact) mass is 352 g/mol. The molecular formula is C15H17BrN2OS. The zero-order valence-corrected chi connectivity index (χ0v) is 14.0. The van der Waals surface area contributed by atoms with Crippen LogP contribution in [0.1, 0.15) is 40.5 Å². The molecule has 2 aromatic heterocycles. The Morgan fingerprint density at radius 1 is 1.45 bits per heavy atom. The molecule has 2 rings (SSSR count). The molecule has 0 N–H and O–H groups in total. The van der Waals surface area contributed by atoms with Crippen molar-refractivity contribution in [1.29, 1.82) is 0 Å². The van der Waals surface area contributed by atoms with Crippen molar-refractivity contribution < 1.29 is 4.79 Å². The molecule has 0 fully saturated rings. The fourth-order valence-corrected chi connectivity index (χ4v) is 3.29. The first-order valence-corrected chi connectivity index (χ1v) is 8.29. The average molecular weight is 353 g/mol. The Hall–Kier alpha value is -1.20. The number of ketones is 1. The van der Waals surface area contributed by atoms with Gasteiger partial charge in [0.1, 0.15) is 0 Å². The third-order valence-corrected chi connectivity index (χ3v) is 4.63. The topological polar surface area (TPSA) is 34.9 Å². The predicted molar refractivity (Wildman–Crippen MR) is 87.3 cm³/mol. The van der Waals surface area contributed by atoms with E-state index in [1.54, 1.807) is 23.5 Å². The summed E-state index contributed by atoms with van der Waals surface area (Å²) in [6, 6.07) is 3.94. The lowest BCUT2D eigenvalue weighted by molar-refractivity contribution is 0.105. The second-order valence-electron chi connectivity index (χ2n) is 4.43. The van der Waals surface area contributed by atoms with Gasteiger partial charge in [-0.3, -0.25) is 9.48 Å². The Morgan fingerprint density at radius 2 is 2.25 bits per heavy atom. The molecule has 0 unspecified atom stereocenters. The molecule has 0 saturated carbocycles. The van der Waals surface area contributed by atoms with Gasteiger partial charge in [0.2, 0.25) is 0 Å². The smallest absolute Gasteiger partial charge is 0.195 e. The SMILES string of the molecule is CCCc1ccc(C(=O)/C=C/c2nn(CC)cc2Br)s1. The predicted octanol–water partition coefficient (Wildman–Crippen LogP) is 4.58. The Balaban J connectivity index is 2.09. The number of halogens is 1. The van der Waals surface area contributed by atoms with Crippen LogP contribution >= 0.6 is 27.3 Å². The molecule has 0 radical (unpaired) electrons. The largest absolute Gasteiger partial charge is 0.288 e. The van der Waals surface area contributed by atoms with Crippen molar-refractivity contribution in [2.45, 2.75) is 33.2 Å². The van der Waals surface area contributed by atoms with Gasteiger partial charge in [-0.1, -0.05) is 13.3 Å². The summed E-state index contributed by atoms with van der Waals surface area (Å²) in [6.07, 6.45) is 7.40. The number of allylic oxidation sites excluding steroid dienone is 1. The zero-order chi connectivity index (χ0) is 14.5. The first kappa shape index (κ1) is 15.2. The highest BCUT2D eigenvalue weighted by Crippen LogP contribution is 2.20. The first-order chi connectivity index (χ1) is 9.63. The summed E-state index contributed by atoms with van der Waals surface area (Å²) in [6.45, 7) is 4.98. The number of carbonyl (C=O) groups is 1. The molecule has 0 aliphatic heterocycles. The van der Waals surface area contributed by atoms with Crippen molar-refractivity contribution in [3.63, 3.8) is 0 Å². The molecule has 0 amide bonds. The van der Waals surface area contributed by atoms with Crippen molar-refractivity contribution in [3.8, 4) is 0 Å². The first-order valence-electron chi connectivity index (χ1n) is 6.68. The van der Waals surface area contributed by atoms with Crippen LogP contribution in [0.5, 0.6) is 0 Å². The van der Waals surface area contributed by atoms with E-state index in [1.807, 2.05) is 29.9 Å². The Bertz CT molecular complexity index is 628. The number of aromatic nitrogens is 2. The minimum atomic E-state index is 0.0373. The van der Waals surface area contributed by atoms with Gasteiger partial charge in [0.05, 0.1) is 15.0 Å². The number of thiophene rings is 1. The number of hydrogen-bond acceptors (Lipinski definition) is 3. The Kier molecular flexibility index (Phi) is 5.31. The standard InChI is InChI=1S/C15H17BrN2OS/c1-3-5-11-6-9-15(20-11)14(19)8-7-13-12(16)10-18(4-2)17-13/h6-10H,3-5H2,1-2H3/b8-7+. The molecule has 2 heterocycles. The van der Waals surface area contributed by atoms with Gasteiger partial charge < -0.3 is 0 Å². The summed E-state index contributed by atoms with van der Waals surface area (Å²) >= 11 is 5.02. The van der Waals surface area contributed by atoms with Crippen LogP contribution in [0.4, 0.5) is 0 Å². The van der Waals surface area contributed by atoms with Gasteiger partial charge in [-0.2, -0.15) is 5.10 Å².